The van der Waals surface area contributed by atoms with Crippen molar-refractivity contribution in [2.75, 3.05) is 6.61 Å². The predicted molar refractivity (Wildman–Crippen MR) is 103 cm³/mol. The van der Waals surface area contributed by atoms with Gasteiger partial charge in [0.2, 0.25) is 5.88 Å². The molecule has 1 N–H and O–H groups in total. The Hall–Kier alpha value is -3.29. The van der Waals surface area contributed by atoms with Gasteiger partial charge in [-0.05, 0) is 44.0 Å². The van der Waals surface area contributed by atoms with Crippen LogP contribution in [0.2, 0.25) is 0 Å². The quantitative estimate of drug-likeness (QED) is 0.732. The van der Waals surface area contributed by atoms with Gasteiger partial charge in [-0.1, -0.05) is 0 Å². The van der Waals surface area contributed by atoms with Crippen molar-refractivity contribution >= 4 is 5.91 Å². The summed E-state index contributed by atoms with van der Waals surface area (Å²) < 4.78 is 7.61. The summed E-state index contributed by atoms with van der Waals surface area (Å²) in [5, 5.41) is 11.8. The third kappa shape index (κ3) is 3.71. The SMILES string of the molecule is CCOc1ncccc1C(=O)NC1CCc2nnc(-c3ccncc3)n2CC1. The first-order chi connectivity index (χ1) is 13.8. The lowest BCUT2D eigenvalue weighted by molar-refractivity contribution is 0.0928. The van der Waals surface area contributed by atoms with Crippen LogP contribution in [0.5, 0.6) is 5.88 Å². The first-order valence-electron chi connectivity index (χ1n) is 9.47. The van der Waals surface area contributed by atoms with Gasteiger partial charge in [0.15, 0.2) is 5.82 Å². The molecule has 0 radical (unpaired) electrons. The van der Waals surface area contributed by atoms with Crippen molar-refractivity contribution in [3.8, 4) is 17.3 Å². The Morgan fingerprint density at radius 1 is 1.21 bits per heavy atom. The van der Waals surface area contributed by atoms with E-state index < -0.39 is 0 Å². The van der Waals surface area contributed by atoms with Gasteiger partial charge in [-0.25, -0.2) is 4.98 Å². The molecule has 0 saturated carbocycles. The number of nitrogens with one attached hydrogen (secondary N) is 1. The van der Waals surface area contributed by atoms with Crippen molar-refractivity contribution in [2.24, 2.45) is 0 Å². The number of aryl methyl sites for hydroxylation is 1. The van der Waals surface area contributed by atoms with Gasteiger partial charge in [0.25, 0.3) is 5.91 Å². The summed E-state index contributed by atoms with van der Waals surface area (Å²) in [7, 11) is 0. The molecule has 1 amide bonds. The molecule has 1 aliphatic rings. The highest BCUT2D eigenvalue weighted by molar-refractivity contribution is 5.96. The maximum Gasteiger partial charge on any atom is 0.256 e. The largest absolute Gasteiger partial charge is 0.477 e. The summed E-state index contributed by atoms with van der Waals surface area (Å²) in [6.45, 7) is 3.08. The van der Waals surface area contributed by atoms with Crippen LogP contribution in [-0.2, 0) is 13.0 Å². The first kappa shape index (κ1) is 18.1. The van der Waals surface area contributed by atoms with E-state index in [2.05, 4.69) is 30.0 Å². The van der Waals surface area contributed by atoms with Crippen molar-refractivity contribution in [3.05, 3.63) is 54.2 Å². The summed E-state index contributed by atoms with van der Waals surface area (Å²) in [6, 6.07) is 7.39. The van der Waals surface area contributed by atoms with E-state index in [0.717, 1.165) is 43.0 Å². The highest BCUT2D eigenvalue weighted by atomic mass is 16.5. The molecular formula is C20H22N6O2. The molecule has 1 atom stereocenters. The Labute approximate surface area is 163 Å². The number of nitrogens with zero attached hydrogens (tertiary/aromatic N) is 5. The van der Waals surface area contributed by atoms with E-state index in [4.69, 9.17) is 4.74 Å². The molecule has 28 heavy (non-hydrogen) atoms. The highest BCUT2D eigenvalue weighted by Crippen LogP contribution is 2.23. The molecule has 0 saturated heterocycles. The number of fused-ring (bicyclic) bond motifs is 1. The van der Waals surface area contributed by atoms with Crippen molar-refractivity contribution < 1.29 is 9.53 Å². The summed E-state index contributed by atoms with van der Waals surface area (Å²) in [6.07, 6.45) is 7.50. The fraction of sp³-hybridized carbons (Fsp3) is 0.350. The monoisotopic (exact) mass is 378 g/mol. The Bertz CT molecular complexity index is 956. The minimum absolute atomic E-state index is 0.0502. The smallest absolute Gasteiger partial charge is 0.256 e. The van der Waals surface area contributed by atoms with Crippen LogP contribution in [0, 0.1) is 0 Å². The van der Waals surface area contributed by atoms with E-state index in [0.29, 0.717) is 18.1 Å². The second kappa shape index (κ2) is 8.16. The molecule has 8 nitrogen and oxygen atoms in total. The van der Waals surface area contributed by atoms with Gasteiger partial charge in [0, 0.05) is 43.2 Å². The maximum absolute atomic E-state index is 12.7. The van der Waals surface area contributed by atoms with Crippen LogP contribution < -0.4 is 10.1 Å². The molecule has 4 heterocycles. The van der Waals surface area contributed by atoms with Gasteiger partial charge in [0.05, 0.1) is 6.61 Å². The zero-order valence-electron chi connectivity index (χ0n) is 15.7. The highest BCUT2D eigenvalue weighted by Gasteiger charge is 2.23. The van der Waals surface area contributed by atoms with Crippen molar-refractivity contribution in [1.82, 2.24) is 30.0 Å². The van der Waals surface area contributed by atoms with E-state index in [-0.39, 0.29) is 11.9 Å². The number of hydrogen-bond donors (Lipinski definition) is 1. The fourth-order valence-electron chi connectivity index (χ4n) is 3.43. The van der Waals surface area contributed by atoms with Crippen LogP contribution >= 0.6 is 0 Å². The van der Waals surface area contributed by atoms with Crippen LogP contribution in [0.25, 0.3) is 11.4 Å². The fourth-order valence-corrected chi connectivity index (χ4v) is 3.43. The van der Waals surface area contributed by atoms with Gasteiger partial charge < -0.3 is 14.6 Å². The third-order valence-corrected chi connectivity index (χ3v) is 4.82. The minimum Gasteiger partial charge on any atom is -0.477 e. The molecule has 0 fully saturated rings. The Kier molecular flexibility index (Phi) is 5.27. The van der Waals surface area contributed by atoms with Gasteiger partial charge >= 0.3 is 0 Å². The molecule has 8 heteroatoms. The zero-order valence-corrected chi connectivity index (χ0v) is 15.7. The number of hydrogen-bond acceptors (Lipinski definition) is 6. The van der Waals surface area contributed by atoms with E-state index >= 15 is 0 Å². The average molecular weight is 378 g/mol. The second-order valence-corrected chi connectivity index (χ2v) is 6.61. The zero-order chi connectivity index (χ0) is 19.3. The molecule has 3 aromatic heterocycles. The lowest BCUT2D eigenvalue weighted by Crippen LogP contribution is -2.35. The van der Waals surface area contributed by atoms with E-state index in [1.165, 1.54) is 0 Å². The van der Waals surface area contributed by atoms with Crippen LogP contribution in [0.15, 0.2) is 42.9 Å². The van der Waals surface area contributed by atoms with E-state index in [1.54, 1.807) is 30.7 Å². The Morgan fingerprint density at radius 2 is 2.07 bits per heavy atom. The lowest BCUT2D eigenvalue weighted by Gasteiger charge is -2.17. The summed E-state index contributed by atoms with van der Waals surface area (Å²) in [5.74, 6) is 2.00. The Balaban J connectivity index is 1.47. The van der Waals surface area contributed by atoms with Gasteiger partial charge in [0.1, 0.15) is 11.4 Å². The molecule has 1 unspecified atom stereocenters. The first-order valence-corrected chi connectivity index (χ1v) is 9.47. The van der Waals surface area contributed by atoms with Crippen LogP contribution in [0.4, 0.5) is 0 Å². The molecule has 3 aromatic rings. The van der Waals surface area contributed by atoms with Gasteiger partial charge in [-0.15, -0.1) is 10.2 Å². The topological polar surface area (TPSA) is 94.8 Å². The van der Waals surface area contributed by atoms with Crippen LogP contribution in [-0.4, -0.2) is 43.3 Å². The van der Waals surface area contributed by atoms with Crippen molar-refractivity contribution in [1.29, 1.82) is 0 Å². The second-order valence-electron chi connectivity index (χ2n) is 6.61. The lowest BCUT2D eigenvalue weighted by atomic mass is 10.1. The molecule has 0 spiro atoms. The molecule has 4 rings (SSSR count). The van der Waals surface area contributed by atoms with Crippen LogP contribution in [0.3, 0.4) is 0 Å². The third-order valence-electron chi connectivity index (χ3n) is 4.82. The number of ether oxygens (including phenoxy) is 1. The minimum atomic E-state index is -0.159. The number of carbonyl (C=O) groups excluding carboxylic acids is 1. The molecule has 0 aromatic carbocycles. The molecular weight excluding hydrogens is 356 g/mol. The Morgan fingerprint density at radius 3 is 2.89 bits per heavy atom. The van der Waals surface area contributed by atoms with Gasteiger partial charge in [-0.3, -0.25) is 9.78 Å². The van der Waals surface area contributed by atoms with Gasteiger partial charge in [-0.2, -0.15) is 0 Å². The van der Waals surface area contributed by atoms with Crippen molar-refractivity contribution in [2.45, 2.75) is 38.8 Å². The molecule has 1 aliphatic heterocycles. The molecule has 144 valence electrons. The summed E-state index contributed by atoms with van der Waals surface area (Å²) >= 11 is 0. The number of pyridine rings is 2. The predicted octanol–water partition coefficient (Wildman–Crippen LogP) is 2.27. The average Bonchev–Trinajstić information content (AvgIpc) is 3.04. The van der Waals surface area contributed by atoms with Crippen molar-refractivity contribution in [3.63, 3.8) is 0 Å². The summed E-state index contributed by atoms with van der Waals surface area (Å²) in [5.41, 5.74) is 1.46. The van der Waals surface area contributed by atoms with E-state index in [9.17, 15) is 4.79 Å². The number of carbonyl (C=O) groups is 1. The number of amides is 1. The van der Waals surface area contributed by atoms with Crippen LogP contribution in [0.1, 0.15) is 35.9 Å². The number of aromatic nitrogens is 5. The molecule has 0 aliphatic carbocycles. The van der Waals surface area contributed by atoms with E-state index in [1.807, 2.05) is 19.1 Å². The maximum atomic E-state index is 12.7. The number of rotatable bonds is 5. The summed E-state index contributed by atoms with van der Waals surface area (Å²) in [4.78, 5) is 21.0. The normalized spacial score (nSPS) is 16.1. The standard InChI is InChI=1S/C20H22N6O2/c1-2-28-20-16(4-3-10-22-20)19(27)23-15-5-6-17-24-25-18(26(17)13-9-15)14-7-11-21-12-8-14/h3-4,7-8,10-12,15H,2,5-6,9,13H2,1H3,(H,23,27). The molecule has 0 bridgehead atoms.